The van der Waals surface area contributed by atoms with E-state index in [9.17, 15) is 0 Å². The van der Waals surface area contributed by atoms with Crippen LogP contribution in [0.15, 0.2) is 36.5 Å². The fourth-order valence-corrected chi connectivity index (χ4v) is 0.876. The molecule has 0 heterocycles. The molecule has 0 aliphatic heterocycles. The quantitative estimate of drug-likeness (QED) is 0.667. The molecule has 0 spiro atoms. The van der Waals surface area contributed by atoms with E-state index in [0.29, 0.717) is 12.1 Å². The van der Waals surface area contributed by atoms with Crippen LogP contribution >= 0.6 is 0 Å². The third-order valence-electron chi connectivity index (χ3n) is 1.37. The van der Waals surface area contributed by atoms with Crippen LogP contribution in [0.2, 0.25) is 0 Å². The smallest absolute Gasteiger partial charge is 0.115 e. The van der Waals surface area contributed by atoms with E-state index in [1.807, 2.05) is 12.1 Å². The molecule has 1 rings (SSSR count). The predicted molar refractivity (Wildman–Crippen MR) is 45.1 cm³/mol. The van der Waals surface area contributed by atoms with Gasteiger partial charge in [0.25, 0.3) is 0 Å². The number of allylic oxidation sites excluding steroid dienone is 1. The van der Waals surface area contributed by atoms with Crippen molar-refractivity contribution in [3.8, 4) is 5.75 Å². The summed E-state index contributed by atoms with van der Waals surface area (Å²) in [6.45, 7) is 3.59. The lowest BCUT2D eigenvalue weighted by Gasteiger charge is -1.99. The SMILES string of the molecule is C=C(N)Cc1ccc(O)cc1. The van der Waals surface area contributed by atoms with Crippen molar-refractivity contribution < 1.29 is 5.11 Å². The molecule has 1 aromatic carbocycles. The molecule has 2 heteroatoms. The van der Waals surface area contributed by atoms with Crippen LogP contribution in [-0.4, -0.2) is 5.11 Å². The third kappa shape index (κ3) is 2.34. The van der Waals surface area contributed by atoms with Crippen molar-refractivity contribution in [1.82, 2.24) is 0 Å². The van der Waals surface area contributed by atoms with Gasteiger partial charge in [0, 0.05) is 12.1 Å². The standard InChI is InChI=1S/C9H11NO/c1-7(10)6-8-2-4-9(11)5-3-8/h2-5,11H,1,6,10H2. The molecule has 11 heavy (non-hydrogen) atoms. The van der Waals surface area contributed by atoms with Gasteiger partial charge >= 0.3 is 0 Å². The van der Waals surface area contributed by atoms with Crippen LogP contribution in [0.1, 0.15) is 5.56 Å². The van der Waals surface area contributed by atoms with E-state index in [0.717, 1.165) is 5.56 Å². The van der Waals surface area contributed by atoms with E-state index in [-0.39, 0.29) is 5.75 Å². The first-order valence-electron chi connectivity index (χ1n) is 3.39. The molecule has 0 saturated heterocycles. The van der Waals surface area contributed by atoms with Gasteiger partial charge in [0.2, 0.25) is 0 Å². The van der Waals surface area contributed by atoms with Crippen LogP contribution in [0.5, 0.6) is 5.75 Å². The lowest BCUT2D eigenvalue weighted by molar-refractivity contribution is 0.475. The van der Waals surface area contributed by atoms with Crippen molar-refractivity contribution in [2.24, 2.45) is 5.73 Å². The highest BCUT2D eigenvalue weighted by Gasteiger charge is 1.92. The highest BCUT2D eigenvalue weighted by atomic mass is 16.3. The molecule has 3 N–H and O–H groups in total. The molecule has 0 fully saturated rings. The normalized spacial score (nSPS) is 9.45. The molecule has 0 radical (unpaired) electrons. The molecular weight excluding hydrogens is 138 g/mol. The lowest BCUT2D eigenvalue weighted by Crippen LogP contribution is -1.98. The molecule has 0 aliphatic rings. The van der Waals surface area contributed by atoms with Gasteiger partial charge in [-0.1, -0.05) is 18.7 Å². The zero-order valence-electron chi connectivity index (χ0n) is 6.25. The number of benzene rings is 1. The summed E-state index contributed by atoms with van der Waals surface area (Å²) in [4.78, 5) is 0. The summed E-state index contributed by atoms with van der Waals surface area (Å²) in [6, 6.07) is 6.93. The maximum absolute atomic E-state index is 8.94. The first-order chi connectivity index (χ1) is 5.18. The molecule has 0 unspecified atom stereocenters. The van der Waals surface area contributed by atoms with E-state index >= 15 is 0 Å². The first kappa shape index (κ1) is 7.66. The summed E-state index contributed by atoms with van der Waals surface area (Å²) in [5.41, 5.74) is 7.11. The van der Waals surface area contributed by atoms with Gasteiger partial charge in [-0.2, -0.15) is 0 Å². The monoisotopic (exact) mass is 149 g/mol. The maximum atomic E-state index is 8.94. The van der Waals surface area contributed by atoms with Gasteiger partial charge in [0.1, 0.15) is 5.75 Å². The second-order valence-corrected chi connectivity index (χ2v) is 2.50. The summed E-state index contributed by atoms with van der Waals surface area (Å²) >= 11 is 0. The Labute approximate surface area is 66.0 Å². The number of rotatable bonds is 2. The van der Waals surface area contributed by atoms with E-state index < -0.39 is 0 Å². The molecule has 2 nitrogen and oxygen atoms in total. The Hall–Kier alpha value is -1.44. The number of hydrogen-bond donors (Lipinski definition) is 2. The Kier molecular flexibility index (Phi) is 2.16. The molecule has 0 aliphatic carbocycles. The van der Waals surface area contributed by atoms with E-state index in [2.05, 4.69) is 6.58 Å². The molecule has 1 aromatic rings. The molecule has 0 saturated carbocycles. The Morgan fingerprint density at radius 1 is 1.36 bits per heavy atom. The summed E-state index contributed by atoms with van der Waals surface area (Å²) in [6.07, 6.45) is 0.667. The zero-order valence-corrected chi connectivity index (χ0v) is 6.25. The fourth-order valence-electron chi connectivity index (χ4n) is 0.876. The van der Waals surface area contributed by atoms with Crippen molar-refractivity contribution >= 4 is 0 Å². The minimum Gasteiger partial charge on any atom is -0.508 e. The molecule has 0 aromatic heterocycles. The Morgan fingerprint density at radius 2 is 1.91 bits per heavy atom. The van der Waals surface area contributed by atoms with Crippen LogP contribution in [0.4, 0.5) is 0 Å². The van der Waals surface area contributed by atoms with E-state index in [4.69, 9.17) is 10.8 Å². The topological polar surface area (TPSA) is 46.2 Å². The highest BCUT2D eigenvalue weighted by Crippen LogP contribution is 2.10. The Morgan fingerprint density at radius 3 is 2.36 bits per heavy atom. The van der Waals surface area contributed by atoms with Crippen LogP contribution in [-0.2, 0) is 6.42 Å². The van der Waals surface area contributed by atoms with Crippen LogP contribution < -0.4 is 5.73 Å². The molecular formula is C9H11NO. The minimum absolute atomic E-state index is 0.274. The van der Waals surface area contributed by atoms with Gasteiger partial charge in [0.05, 0.1) is 0 Å². The Bertz CT molecular complexity index is 251. The summed E-state index contributed by atoms with van der Waals surface area (Å²) < 4.78 is 0. The molecule has 0 amide bonds. The van der Waals surface area contributed by atoms with Gasteiger partial charge in [-0.25, -0.2) is 0 Å². The van der Waals surface area contributed by atoms with Crippen molar-refractivity contribution in [3.05, 3.63) is 42.1 Å². The van der Waals surface area contributed by atoms with Crippen LogP contribution in [0.3, 0.4) is 0 Å². The molecule has 0 bridgehead atoms. The number of aromatic hydroxyl groups is 1. The average molecular weight is 149 g/mol. The van der Waals surface area contributed by atoms with Gasteiger partial charge < -0.3 is 10.8 Å². The molecule has 58 valence electrons. The van der Waals surface area contributed by atoms with Gasteiger partial charge in [-0.05, 0) is 17.7 Å². The zero-order chi connectivity index (χ0) is 8.27. The minimum atomic E-state index is 0.274. The number of phenolic OH excluding ortho intramolecular Hbond substituents is 1. The van der Waals surface area contributed by atoms with Gasteiger partial charge in [-0.15, -0.1) is 0 Å². The number of hydrogen-bond acceptors (Lipinski definition) is 2. The summed E-state index contributed by atoms with van der Waals surface area (Å²) in [5, 5.41) is 8.94. The van der Waals surface area contributed by atoms with Crippen molar-refractivity contribution in [3.63, 3.8) is 0 Å². The maximum Gasteiger partial charge on any atom is 0.115 e. The number of nitrogens with two attached hydrogens (primary N) is 1. The summed E-state index contributed by atoms with van der Waals surface area (Å²) in [7, 11) is 0. The number of phenols is 1. The van der Waals surface area contributed by atoms with Crippen molar-refractivity contribution in [2.75, 3.05) is 0 Å². The fraction of sp³-hybridized carbons (Fsp3) is 0.111. The summed E-state index contributed by atoms with van der Waals surface area (Å²) in [5.74, 6) is 0.274. The van der Waals surface area contributed by atoms with Crippen LogP contribution in [0.25, 0.3) is 0 Å². The second kappa shape index (κ2) is 3.10. The highest BCUT2D eigenvalue weighted by molar-refractivity contribution is 5.27. The molecule has 0 atom stereocenters. The predicted octanol–water partition coefficient (Wildman–Crippen LogP) is 1.41. The average Bonchev–Trinajstić information content (AvgIpc) is 1.93. The first-order valence-corrected chi connectivity index (χ1v) is 3.39. The van der Waals surface area contributed by atoms with Crippen molar-refractivity contribution in [1.29, 1.82) is 0 Å². The van der Waals surface area contributed by atoms with Crippen LogP contribution in [0, 0.1) is 0 Å². The second-order valence-electron chi connectivity index (χ2n) is 2.50. The third-order valence-corrected chi connectivity index (χ3v) is 1.37. The van der Waals surface area contributed by atoms with Gasteiger partial charge in [-0.3, -0.25) is 0 Å². The van der Waals surface area contributed by atoms with Crippen molar-refractivity contribution in [2.45, 2.75) is 6.42 Å². The lowest BCUT2D eigenvalue weighted by atomic mass is 10.1. The van der Waals surface area contributed by atoms with E-state index in [1.165, 1.54) is 0 Å². The van der Waals surface area contributed by atoms with Gasteiger partial charge in [0.15, 0.2) is 0 Å². The largest absolute Gasteiger partial charge is 0.508 e. The Balaban J connectivity index is 2.74. The van der Waals surface area contributed by atoms with E-state index in [1.54, 1.807) is 12.1 Å².